The molecule has 0 aliphatic heterocycles. The number of rotatable bonds is 5. The minimum absolute atomic E-state index is 0.0539. The molecule has 1 aromatic heterocycles. The van der Waals surface area contributed by atoms with Gasteiger partial charge in [-0.3, -0.25) is 14.8 Å². The molecular weight excluding hydrogens is 400 g/mol. The van der Waals surface area contributed by atoms with Crippen LogP contribution in [0.2, 0.25) is 5.02 Å². The second-order valence-electron chi connectivity index (χ2n) is 5.23. The molecule has 0 aliphatic carbocycles. The molecule has 0 saturated carbocycles. The number of benzene rings is 2. The van der Waals surface area contributed by atoms with Gasteiger partial charge >= 0.3 is 0 Å². The second-order valence-corrected chi connectivity index (χ2v) is 8.33. The average molecular weight is 411 g/mol. The predicted octanol–water partition coefficient (Wildman–Crippen LogP) is 3.88. The number of nitro groups is 1. The van der Waals surface area contributed by atoms with Gasteiger partial charge in [0.2, 0.25) is 5.13 Å². The maximum absolute atomic E-state index is 12.5. The summed E-state index contributed by atoms with van der Waals surface area (Å²) in [6.07, 6.45) is 0. The summed E-state index contributed by atoms with van der Waals surface area (Å²) in [6.45, 7) is 1.53. The first-order valence-corrected chi connectivity index (χ1v) is 9.81. The summed E-state index contributed by atoms with van der Waals surface area (Å²) in [6, 6.07) is 10.5. The number of hydrogen-bond donors (Lipinski definition) is 1. The van der Waals surface area contributed by atoms with Crippen LogP contribution in [0, 0.1) is 17.0 Å². The molecule has 134 valence electrons. The van der Waals surface area contributed by atoms with Gasteiger partial charge in [-0.15, -0.1) is 10.2 Å². The fourth-order valence-electron chi connectivity index (χ4n) is 2.10. The summed E-state index contributed by atoms with van der Waals surface area (Å²) in [7, 11) is -4.03. The largest absolute Gasteiger partial charge is 0.273 e. The zero-order valence-corrected chi connectivity index (χ0v) is 15.6. The molecule has 2 aromatic carbocycles. The SMILES string of the molecule is Cc1ccc(S(=O)(=O)Nc2nnc(-c3ccc(Cl)cc3)s2)cc1[N+](=O)[O-]. The molecule has 0 bridgehead atoms. The van der Waals surface area contributed by atoms with Crippen LogP contribution in [0.5, 0.6) is 0 Å². The molecule has 1 N–H and O–H groups in total. The lowest BCUT2D eigenvalue weighted by atomic mass is 10.2. The Morgan fingerprint density at radius 3 is 2.50 bits per heavy atom. The quantitative estimate of drug-likeness (QED) is 0.504. The smallest absolute Gasteiger partial charge is 0.258 e. The molecule has 0 radical (unpaired) electrons. The van der Waals surface area contributed by atoms with Gasteiger partial charge in [0.05, 0.1) is 9.82 Å². The van der Waals surface area contributed by atoms with E-state index in [1.165, 1.54) is 19.1 Å². The minimum atomic E-state index is -4.03. The molecule has 0 amide bonds. The van der Waals surface area contributed by atoms with Crippen LogP contribution in [-0.4, -0.2) is 23.5 Å². The van der Waals surface area contributed by atoms with E-state index in [-0.39, 0.29) is 15.7 Å². The molecule has 1 heterocycles. The van der Waals surface area contributed by atoms with Gasteiger partial charge in [-0.2, -0.15) is 0 Å². The third kappa shape index (κ3) is 3.82. The molecule has 0 unspecified atom stereocenters. The molecular formula is C15H11ClN4O4S2. The maximum Gasteiger partial charge on any atom is 0.273 e. The lowest BCUT2D eigenvalue weighted by Crippen LogP contribution is -2.13. The van der Waals surface area contributed by atoms with Crippen LogP contribution in [0.4, 0.5) is 10.8 Å². The maximum atomic E-state index is 12.5. The van der Waals surface area contributed by atoms with Gasteiger partial charge in [0.25, 0.3) is 15.7 Å². The van der Waals surface area contributed by atoms with Gasteiger partial charge in [0.15, 0.2) is 0 Å². The van der Waals surface area contributed by atoms with Crippen molar-refractivity contribution >= 4 is 43.8 Å². The van der Waals surface area contributed by atoms with Crippen LogP contribution < -0.4 is 4.72 Å². The van der Waals surface area contributed by atoms with E-state index in [1.54, 1.807) is 24.3 Å². The van der Waals surface area contributed by atoms with Gasteiger partial charge in [-0.05, 0) is 25.1 Å². The van der Waals surface area contributed by atoms with Crippen LogP contribution in [0.1, 0.15) is 5.56 Å². The first kappa shape index (κ1) is 18.2. The number of sulfonamides is 1. The monoisotopic (exact) mass is 410 g/mol. The number of anilines is 1. The Hall–Kier alpha value is -2.56. The third-order valence-electron chi connectivity index (χ3n) is 3.43. The minimum Gasteiger partial charge on any atom is -0.258 e. The van der Waals surface area contributed by atoms with Crippen molar-refractivity contribution in [3.8, 4) is 10.6 Å². The van der Waals surface area contributed by atoms with Gasteiger partial charge in [-0.25, -0.2) is 8.42 Å². The highest BCUT2D eigenvalue weighted by atomic mass is 35.5. The highest BCUT2D eigenvalue weighted by molar-refractivity contribution is 7.93. The van der Waals surface area contributed by atoms with Crippen molar-refractivity contribution in [2.75, 3.05) is 4.72 Å². The zero-order chi connectivity index (χ0) is 18.9. The van der Waals surface area contributed by atoms with Crippen molar-refractivity contribution in [2.24, 2.45) is 0 Å². The fraction of sp³-hybridized carbons (Fsp3) is 0.0667. The third-order valence-corrected chi connectivity index (χ3v) is 6.03. The van der Waals surface area contributed by atoms with Crippen molar-refractivity contribution in [2.45, 2.75) is 11.8 Å². The Bertz CT molecular complexity index is 1080. The number of nitro benzene ring substituents is 1. The number of hydrogen-bond acceptors (Lipinski definition) is 7. The summed E-state index contributed by atoms with van der Waals surface area (Å²) in [5.74, 6) is 0. The van der Waals surface area contributed by atoms with E-state index in [1.807, 2.05) is 0 Å². The number of nitrogens with zero attached hydrogens (tertiary/aromatic N) is 3. The Kier molecular flexibility index (Phi) is 4.90. The first-order valence-electron chi connectivity index (χ1n) is 7.13. The zero-order valence-electron chi connectivity index (χ0n) is 13.2. The lowest BCUT2D eigenvalue weighted by molar-refractivity contribution is -0.385. The molecule has 0 spiro atoms. The molecule has 3 aromatic rings. The van der Waals surface area contributed by atoms with Crippen molar-refractivity contribution in [1.82, 2.24) is 10.2 Å². The molecule has 26 heavy (non-hydrogen) atoms. The molecule has 0 atom stereocenters. The second kappa shape index (κ2) is 6.98. The summed E-state index contributed by atoms with van der Waals surface area (Å²) >= 11 is 6.87. The van der Waals surface area contributed by atoms with Gasteiger partial charge in [0.1, 0.15) is 5.01 Å². The van der Waals surface area contributed by atoms with Gasteiger partial charge < -0.3 is 0 Å². The summed E-state index contributed by atoms with van der Waals surface area (Å²) in [5.41, 5.74) is 0.838. The standard InChI is InChI=1S/C15H11ClN4O4S2/c1-9-2-7-12(8-13(9)20(21)22)26(23,24)19-15-18-17-14(25-15)10-3-5-11(16)6-4-10/h2-8H,1H3,(H,18,19). The van der Waals surface area contributed by atoms with Gasteiger partial charge in [0, 0.05) is 22.2 Å². The van der Waals surface area contributed by atoms with Crippen LogP contribution in [0.3, 0.4) is 0 Å². The number of nitrogens with one attached hydrogen (secondary N) is 1. The van der Waals surface area contributed by atoms with Crippen LogP contribution in [0.25, 0.3) is 10.6 Å². The van der Waals surface area contributed by atoms with E-state index in [0.717, 1.165) is 23.0 Å². The number of aromatic nitrogens is 2. The molecule has 0 fully saturated rings. The van der Waals surface area contributed by atoms with Crippen molar-refractivity contribution in [1.29, 1.82) is 0 Å². The molecule has 3 rings (SSSR count). The number of aryl methyl sites for hydroxylation is 1. The topological polar surface area (TPSA) is 115 Å². The Balaban J connectivity index is 1.88. The molecule has 0 aliphatic rings. The summed E-state index contributed by atoms with van der Waals surface area (Å²) in [4.78, 5) is 10.2. The van der Waals surface area contributed by atoms with Crippen molar-refractivity contribution in [3.05, 3.63) is 63.2 Å². The summed E-state index contributed by atoms with van der Waals surface area (Å²) in [5, 5.41) is 19.9. The van der Waals surface area contributed by atoms with Gasteiger partial charge in [-0.1, -0.05) is 41.1 Å². The van der Waals surface area contributed by atoms with E-state index in [0.29, 0.717) is 15.6 Å². The van der Waals surface area contributed by atoms with Crippen molar-refractivity contribution < 1.29 is 13.3 Å². The van der Waals surface area contributed by atoms with E-state index >= 15 is 0 Å². The highest BCUT2D eigenvalue weighted by Gasteiger charge is 2.21. The molecule has 0 saturated heterocycles. The van der Waals surface area contributed by atoms with E-state index in [9.17, 15) is 18.5 Å². The van der Waals surface area contributed by atoms with Crippen molar-refractivity contribution in [3.63, 3.8) is 0 Å². The average Bonchev–Trinajstić information content (AvgIpc) is 3.03. The Morgan fingerprint density at radius 2 is 1.85 bits per heavy atom. The van der Waals surface area contributed by atoms with E-state index in [2.05, 4.69) is 14.9 Å². The number of halogens is 1. The highest BCUT2D eigenvalue weighted by Crippen LogP contribution is 2.29. The summed E-state index contributed by atoms with van der Waals surface area (Å²) < 4.78 is 27.2. The van der Waals surface area contributed by atoms with Crippen LogP contribution in [0.15, 0.2) is 47.4 Å². The first-order chi connectivity index (χ1) is 12.3. The Labute approximate surface area is 157 Å². The van der Waals surface area contributed by atoms with Crippen LogP contribution in [-0.2, 0) is 10.0 Å². The predicted molar refractivity (Wildman–Crippen MR) is 99.0 cm³/mol. The fourth-order valence-corrected chi connectivity index (χ4v) is 4.23. The normalized spacial score (nSPS) is 11.3. The molecule has 11 heteroatoms. The van der Waals surface area contributed by atoms with Crippen LogP contribution >= 0.6 is 22.9 Å². The van der Waals surface area contributed by atoms with E-state index < -0.39 is 14.9 Å². The Morgan fingerprint density at radius 1 is 1.15 bits per heavy atom. The van der Waals surface area contributed by atoms with E-state index in [4.69, 9.17) is 11.6 Å². The molecule has 8 nitrogen and oxygen atoms in total. The lowest BCUT2D eigenvalue weighted by Gasteiger charge is -2.05.